The fourth-order valence-corrected chi connectivity index (χ4v) is 3.11. The normalized spacial score (nSPS) is 17.0. The van der Waals surface area contributed by atoms with E-state index in [1.54, 1.807) is 48.1 Å². The molecule has 0 unspecified atom stereocenters. The van der Waals surface area contributed by atoms with Crippen molar-refractivity contribution < 1.29 is 19.1 Å². The molecule has 0 radical (unpaired) electrons. The first-order valence-electron chi connectivity index (χ1n) is 8.63. The molecule has 27 heavy (non-hydrogen) atoms. The molecule has 0 N–H and O–H groups in total. The maximum Gasteiger partial charge on any atom is 0.261 e. The SMILES string of the molecule is COc1ccc(N2CCN(C(=O)COc3ccc(Cl)cc3)[C@H](C)C2=O)cc1. The fraction of sp³-hybridized carbons (Fsp3) is 0.300. The van der Waals surface area contributed by atoms with Crippen LogP contribution in [0, 0.1) is 0 Å². The summed E-state index contributed by atoms with van der Waals surface area (Å²) in [4.78, 5) is 28.5. The molecule has 1 aliphatic heterocycles. The summed E-state index contributed by atoms with van der Waals surface area (Å²) in [6.45, 7) is 2.49. The van der Waals surface area contributed by atoms with E-state index in [-0.39, 0.29) is 18.4 Å². The highest BCUT2D eigenvalue weighted by atomic mass is 35.5. The third-order valence-corrected chi connectivity index (χ3v) is 4.79. The maximum atomic E-state index is 12.8. The lowest BCUT2D eigenvalue weighted by Gasteiger charge is -2.39. The van der Waals surface area contributed by atoms with Crippen LogP contribution in [0.4, 0.5) is 5.69 Å². The van der Waals surface area contributed by atoms with Crippen LogP contribution in [0.5, 0.6) is 11.5 Å². The number of anilines is 1. The zero-order valence-corrected chi connectivity index (χ0v) is 16.0. The smallest absolute Gasteiger partial charge is 0.261 e. The van der Waals surface area contributed by atoms with Crippen molar-refractivity contribution in [2.75, 3.05) is 31.7 Å². The Hall–Kier alpha value is -2.73. The third-order valence-electron chi connectivity index (χ3n) is 4.54. The van der Waals surface area contributed by atoms with Crippen molar-refractivity contribution >= 4 is 29.1 Å². The monoisotopic (exact) mass is 388 g/mol. The van der Waals surface area contributed by atoms with Gasteiger partial charge in [0.1, 0.15) is 17.5 Å². The van der Waals surface area contributed by atoms with Crippen molar-refractivity contribution in [3.63, 3.8) is 0 Å². The van der Waals surface area contributed by atoms with Crippen molar-refractivity contribution in [2.45, 2.75) is 13.0 Å². The van der Waals surface area contributed by atoms with E-state index in [1.165, 1.54) is 0 Å². The summed E-state index contributed by atoms with van der Waals surface area (Å²) >= 11 is 5.83. The van der Waals surface area contributed by atoms with Crippen LogP contribution in [0.2, 0.25) is 5.02 Å². The Balaban J connectivity index is 1.61. The molecule has 1 heterocycles. The first kappa shape index (κ1) is 19.0. The van der Waals surface area contributed by atoms with Gasteiger partial charge in [0.25, 0.3) is 5.91 Å². The van der Waals surface area contributed by atoms with Gasteiger partial charge in [0, 0.05) is 23.8 Å². The zero-order chi connectivity index (χ0) is 19.4. The van der Waals surface area contributed by atoms with Crippen LogP contribution < -0.4 is 14.4 Å². The summed E-state index contributed by atoms with van der Waals surface area (Å²) in [5.74, 6) is 0.947. The van der Waals surface area contributed by atoms with Crippen molar-refractivity contribution in [1.29, 1.82) is 0 Å². The number of hydrogen-bond acceptors (Lipinski definition) is 4. The van der Waals surface area contributed by atoms with Crippen LogP contribution >= 0.6 is 11.6 Å². The van der Waals surface area contributed by atoms with Gasteiger partial charge in [-0.2, -0.15) is 0 Å². The van der Waals surface area contributed by atoms with Crippen LogP contribution in [0.15, 0.2) is 48.5 Å². The van der Waals surface area contributed by atoms with E-state index < -0.39 is 6.04 Å². The first-order chi connectivity index (χ1) is 13.0. The molecule has 1 atom stereocenters. The highest BCUT2D eigenvalue weighted by molar-refractivity contribution is 6.30. The zero-order valence-electron chi connectivity index (χ0n) is 15.2. The van der Waals surface area contributed by atoms with Crippen molar-refractivity contribution in [3.8, 4) is 11.5 Å². The molecule has 2 amide bonds. The second kappa shape index (κ2) is 8.31. The second-order valence-electron chi connectivity index (χ2n) is 6.19. The standard InChI is InChI=1S/C20H21ClN2O4/c1-14-20(25)23(16-5-9-17(26-2)10-6-16)12-11-22(14)19(24)13-27-18-7-3-15(21)4-8-18/h3-10,14H,11-13H2,1-2H3/t14-/m1/s1. The van der Waals surface area contributed by atoms with E-state index in [4.69, 9.17) is 21.1 Å². The maximum absolute atomic E-state index is 12.8. The van der Waals surface area contributed by atoms with Gasteiger partial charge in [0.05, 0.1) is 7.11 Å². The van der Waals surface area contributed by atoms with Crippen LogP contribution in [0.1, 0.15) is 6.92 Å². The van der Waals surface area contributed by atoms with Gasteiger partial charge in [0.2, 0.25) is 5.91 Å². The van der Waals surface area contributed by atoms with Crippen molar-refractivity contribution in [2.24, 2.45) is 0 Å². The van der Waals surface area contributed by atoms with Gasteiger partial charge in [-0.15, -0.1) is 0 Å². The lowest BCUT2D eigenvalue weighted by molar-refractivity contribution is -0.142. The molecule has 0 saturated carbocycles. The highest BCUT2D eigenvalue weighted by Crippen LogP contribution is 2.23. The predicted octanol–water partition coefficient (Wildman–Crippen LogP) is 2.99. The number of amides is 2. The second-order valence-corrected chi connectivity index (χ2v) is 6.63. The largest absolute Gasteiger partial charge is 0.497 e. The molecule has 2 aromatic carbocycles. The molecular formula is C20H21ClN2O4. The van der Waals surface area contributed by atoms with Gasteiger partial charge in [-0.25, -0.2) is 0 Å². The fourth-order valence-electron chi connectivity index (χ4n) is 2.99. The number of carbonyl (C=O) groups is 2. The van der Waals surface area contributed by atoms with Crippen LogP contribution in [0.3, 0.4) is 0 Å². The van der Waals surface area contributed by atoms with Crippen LogP contribution in [-0.2, 0) is 9.59 Å². The minimum Gasteiger partial charge on any atom is -0.497 e. The summed E-state index contributed by atoms with van der Waals surface area (Å²) in [5.41, 5.74) is 0.789. The van der Waals surface area contributed by atoms with E-state index in [0.29, 0.717) is 23.9 Å². The van der Waals surface area contributed by atoms with E-state index in [2.05, 4.69) is 0 Å². The molecular weight excluding hydrogens is 368 g/mol. The Morgan fingerprint density at radius 3 is 2.33 bits per heavy atom. The molecule has 6 nitrogen and oxygen atoms in total. The molecule has 2 aromatic rings. The molecule has 1 aliphatic rings. The van der Waals surface area contributed by atoms with E-state index in [1.807, 2.05) is 24.3 Å². The topological polar surface area (TPSA) is 59.1 Å². The third kappa shape index (κ3) is 4.34. The number of rotatable bonds is 5. The first-order valence-corrected chi connectivity index (χ1v) is 9.00. The molecule has 0 aromatic heterocycles. The van der Waals surface area contributed by atoms with E-state index >= 15 is 0 Å². The molecule has 1 fully saturated rings. The number of hydrogen-bond donors (Lipinski definition) is 0. The number of halogens is 1. The Bertz CT molecular complexity index is 808. The van der Waals surface area contributed by atoms with Crippen molar-refractivity contribution in [1.82, 2.24) is 4.90 Å². The molecule has 0 spiro atoms. The molecule has 3 rings (SSSR count). The number of piperazine rings is 1. The van der Waals surface area contributed by atoms with Gasteiger partial charge in [-0.1, -0.05) is 11.6 Å². The van der Waals surface area contributed by atoms with Gasteiger partial charge in [-0.3, -0.25) is 9.59 Å². The van der Waals surface area contributed by atoms with Crippen LogP contribution in [-0.4, -0.2) is 49.6 Å². The molecule has 7 heteroatoms. The average Bonchev–Trinajstić information content (AvgIpc) is 2.69. The highest BCUT2D eigenvalue weighted by Gasteiger charge is 2.35. The Morgan fingerprint density at radius 2 is 1.70 bits per heavy atom. The number of carbonyl (C=O) groups excluding carboxylic acids is 2. The van der Waals surface area contributed by atoms with Crippen molar-refractivity contribution in [3.05, 3.63) is 53.6 Å². The van der Waals surface area contributed by atoms with Gasteiger partial charge >= 0.3 is 0 Å². The Kier molecular flexibility index (Phi) is 5.86. The number of benzene rings is 2. The quantitative estimate of drug-likeness (QED) is 0.790. The number of nitrogens with zero attached hydrogens (tertiary/aromatic N) is 2. The molecule has 0 bridgehead atoms. The van der Waals surface area contributed by atoms with Gasteiger partial charge < -0.3 is 19.3 Å². The summed E-state index contributed by atoms with van der Waals surface area (Å²) in [6, 6.07) is 13.5. The van der Waals surface area contributed by atoms with E-state index in [0.717, 1.165) is 11.4 Å². The molecule has 0 aliphatic carbocycles. The van der Waals surface area contributed by atoms with Gasteiger partial charge in [0.15, 0.2) is 6.61 Å². The Morgan fingerprint density at radius 1 is 1.07 bits per heavy atom. The number of ether oxygens (including phenoxy) is 2. The number of methoxy groups -OCH3 is 1. The predicted molar refractivity (Wildman–Crippen MR) is 103 cm³/mol. The minimum absolute atomic E-state index is 0.119. The lowest BCUT2D eigenvalue weighted by atomic mass is 10.1. The Labute approximate surface area is 163 Å². The summed E-state index contributed by atoms with van der Waals surface area (Å²) in [6.07, 6.45) is 0. The summed E-state index contributed by atoms with van der Waals surface area (Å²) < 4.78 is 10.7. The minimum atomic E-state index is -0.554. The summed E-state index contributed by atoms with van der Waals surface area (Å²) in [7, 11) is 1.60. The molecule has 142 valence electrons. The molecule has 1 saturated heterocycles. The van der Waals surface area contributed by atoms with Crippen LogP contribution in [0.25, 0.3) is 0 Å². The van der Waals surface area contributed by atoms with Gasteiger partial charge in [-0.05, 0) is 55.5 Å². The summed E-state index contributed by atoms with van der Waals surface area (Å²) in [5, 5.41) is 0.600. The van der Waals surface area contributed by atoms with E-state index in [9.17, 15) is 9.59 Å². The average molecular weight is 389 g/mol. The lowest BCUT2D eigenvalue weighted by Crippen LogP contribution is -2.58.